The summed E-state index contributed by atoms with van der Waals surface area (Å²) in [6.45, 7) is 6.96. The molecule has 10 rings (SSSR count). The molecule has 0 saturated carbocycles. The van der Waals surface area contributed by atoms with Gasteiger partial charge in [0.15, 0.2) is 0 Å². The first-order valence-electron chi connectivity index (χ1n) is 19.3. The van der Waals surface area contributed by atoms with Crippen molar-refractivity contribution in [1.29, 1.82) is 0 Å². The third-order valence-corrected chi connectivity index (χ3v) is 12.0. The van der Waals surface area contributed by atoms with Crippen molar-refractivity contribution in [1.82, 2.24) is 4.57 Å². The summed E-state index contributed by atoms with van der Waals surface area (Å²) in [6.07, 6.45) is 26.6. The summed E-state index contributed by atoms with van der Waals surface area (Å²) in [4.78, 5) is 0. The van der Waals surface area contributed by atoms with E-state index in [1.165, 1.54) is 87.9 Å². The molecule has 0 radical (unpaired) electrons. The quantitative estimate of drug-likeness (QED) is 0.130. The lowest BCUT2D eigenvalue weighted by Crippen LogP contribution is -2.13. The van der Waals surface area contributed by atoms with Gasteiger partial charge in [-0.3, -0.25) is 0 Å². The lowest BCUT2D eigenvalue weighted by atomic mass is 9.81. The highest BCUT2D eigenvalue weighted by atomic mass is 15.0. The molecule has 1 nitrogen and oxygen atoms in total. The molecule has 3 aliphatic rings. The van der Waals surface area contributed by atoms with Crippen LogP contribution < -0.4 is 0 Å². The summed E-state index contributed by atoms with van der Waals surface area (Å²) in [5.74, 6) is 0.433. The number of fused-ring (bicyclic) bond motifs is 3. The zero-order valence-corrected chi connectivity index (χ0v) is 30.5. The van der Waals surface area contributed by atoms with Crippen molar-refractivity contribution < 1.29 is 0 Å². The van der Waals surface area contributed by atoms with Crippen molar-refractivity contribution in [2.75, 3.05) is 0 Å². The van der Waals surface area contributed by atoms with Crippen molar-refractivity contribution in [2.24, 2.45) is 0 Å². The largest absolute Gasteiger partial charge is 0.337 e. The van der Waals surface area contributed by atoms with Crippen LogP contribution in [0.25, 0.3) is 66.0 Å². The highest BCUT2D eigenvalue weighted by Gasteiger charge is 2.25. The van der Waals surface area contributed by atoms with E-state index in [1.807, 2.05) is 0 Å². The van der Waals surface area contributed by atoms with Crippen molar-refractivity contribution in [3.63, 3.8) is 0 Å². The molecular formula is C51H45N. The van der Waals surface area contributed by atoms with E-state index in [0.717, 1.165) is 32.1 Å². The van der Waals surface area contributed by atoms with Gasteiger partial charge in [0.05, 0.1) is 6.04 Å². The van der Waals surface area contributed by atoms with E-state index in [1.54, 1.807) is 0 Å². The van der Waals surface area contributed by atoms with Gasteiger partial charge in [-0.15, -0.1) is 0 Å². The van der Waals surface area contributed by atoms with Crippen LogP contribution in [0.15, 0.2) is 140 Å². The molecule has 2 atom stereocenters. The summed E-state index contributed by atoms with van der Waals surface area (Å²) in [5, 5.41) is 9.47. The molecule has 0 spiro atoms. The maximum atomic E-state index is 2.65. The number of hydrogen-bond donors (Lipinski definition) is 0. The Bertz CT molecular complexity index is 2660. The molecule has 0 bridgehead atoms. The Morgan fingerprint density at radius 3 is 2.25 bits per heavy atom. The zero-order valence-electron chi connectivity index (χ0n) is 30.5. The van der Waals surface area contributed by atoms with Gasteiger partial charge in [0.2, 0.25) is 0 Å². The third-order valence-electron chi connectivity index (χ3n) is 12.0. The molecule has 0 saturated heterocycles. The fourth-order valence-electron chi connectivity index (χ4n) is 9.33. The minimum atomic E-state index is 0.0786. The molecule has 0 aliphatic heterocycles. The van der Waals surface area contributed by atoms with E-state index in [9.17, 15) is 0 Å². The molecule has 0 N–H and O–H groups in total. The second-order valence-electron chi connectivity index (χ2n) is 16.2. The normalized spacial score (nSPS) is 18.9. The van der Waals surface area contributed by atoms with Crippen LogP contribution in [0.5, 0.6) is 0 Å². The van der Waals surface area contributed by atoms with Crippen LogP contribution in [0.2, 0.25) is 0 Å². The monoisotopic (exact) mass is 671 g/mol. The minimum Gasteiger partial charge on any atom is -0.337 e. The van der Waals surface area contributed by atoms with Gasteiger partial charge in [0.25, 0.3) is 0 Å². The van der Waals surface area contributed by atoms with E-state index in [2.05, 4.69) is 171 Å². The number of benzene rings is 6. The fraction of sp³-hybridized carbons (Fsp3) is 0.216. The van der Waals surface area contributed by atoms with Gasteiger partial charge in [-0.1, -0.05) is 154 Å². The second kappa shape index (κ2) is 12.1. The zero-order chi connectivity index (χ0) is 35.0. The maximum Gasteiger partial charge on any atom is 0.0563 e. The molecular weight excluding hydrogens is 627 g/mol. The topological polar surface area (TPSA) is 4.93 Å². The van der Waals surface area contributed by atoms with E-state index in [0.29, 0.717) is 5.92 Å². The first-order valence-corrected chi connectivity index (χ1v) is 19.3. The van der Waals surface area contributed by atoms with Crippen LogP contribution >= 0.6 is 0 Å². The van der Waals surface area contributed by atoms with Crippen LogP contribution in [0, 0.1) is 0 Å². The van der Waals surface area contributed by atoms with E-state index in [4.69, 9.17) is 0 Å². The predicted molar refractivity (Wildman–Crippen MR) is 225 cm³/mol. The molecule has 0 fully saturated rings. The molecule has 52 heavy (non-hydrogen) atoms. The van der Waals surface area contributed by atoms with Gasteiger partial charge >= 0.3 is 0 Å². The molecule has 3 aliphatic carbocycles. The van der Waals surface area contributed by atoms with Crippen molar-refractivity contribution in [3.8, 4) is 11.1 Å². The van der Waals surface area contributed by atoms with Gasteiger partial charge < -0.3 is 4.57 Å². The number of aromatic nitrogens is 1. The highest BCUT2D eigenvalue weighted by molar-refractivity contribution is 6.27. The third kappa shape index (κ3) is 5.05. The SMILES string of the molecule is CC(C)(C)c1cc2ccc3c(C4=CC(n5c6c(c7ccccc75)C=CCC6)CC=C4)cc(-c4ccc(C5C=CCC=CC5)cc4)c4ccc(c1)c2c34. The molecule has 254 valence electrons. The number of para-hydroxylation sites is 1. The summed E-state index contributed by atoms with van der Waals surface area (Å²) < 4.78 is 2.65. The average molecular weight is 672 g/mol. The summed E-state index contributed by atoms with van der Waals surface area (Å²) >= 11 is 0. The molecule has 0 amide bonds. The van der Waals surface area contributed by atoms with Crippen LogP contribution in [0.4, 0.5) is 0 Å². The molecule has 1 heterocycles. The Morgan fingerprint density at radius 2 is 1.44 bits per heavy atom. The molecule has 6 aromatic carbocycles. The standard InChI is InChI=1S/C51H45N/c1-51(2,3)39-29-37-25-27-43-45(35-23-21-34(22-24-35)33-13-6-4-5-7-14-33)32-46(44-28-26-38(30-39)49(37)50(43)44)36-15-12-16-40(31-36)52-47-19-10-8-17-41(47)42-18-9-11-20-48(42)52/h4,6-10,12,14-15,17-19,21-33,40H,5,11,13,16,20H2,1-3H3. The first-order chi connectivity index (χ1) is 25.4. The van der Waals surface area contributed by atoms with Crippen LogP contribution in [0.3, 0.4) is 0 Å². The Hall–Kier alpha value is -5.40. The molecule has 2 unspecified atom stereocenters. The number of rotatable bonds is 4. The average Bonchev–Trinajstić information content (AvgIpc) is 3.28. The van der Waals surface area contributed by atoms with Crippen LogP contribution in [0.1, 0.15) is 86.4 Å². The smallest absolute Gasteiger partial charge is 0.0563 e. The second-order valence-corrected chi connectivity index (χ2v) is 16.2. The van der Waals surface area contributed by atoms with Gasteiger partial charge in [-0.25, -0.2) is 0 Å². The highest BCUT2D eigenvalue weighted by Crippen LogP contribution is 2.46. The number of allylic oxidation sites excluding steroid dienone is 9. The Labute approximate surface area is 307 Å². The van der Waals surface area contributed by atoms with E-state index < -0.39 is 0 Å². The Kier molecular flexibility index (Phi) is 7.29. The van der Waals surface area contributed by atoms with Crippen molar-refractivity contribution in [2.45, 2.75) is 70.3 Å². The first kappa shape index (κ1) is 31.3. The molecule has 7 aromatic rings. The predicted octanol–water partition coefficient (Wildman–Crippen LogP) is 14.0. The number of nitrogens with zero attached hydrogens (tertiary/aromatic N) is 1. The minimum absolute atomic E-state index is 0.0786. The lowest BCUT2D eigenvalue weighted by molar-refractivity contribution is 0.591. The molecule has 1 heteroatoms. The number of hydrogen-bond acceptors (Lipinski definition) is 0. The van der Waals surface area contributed by atoms with Gasteiger partial charge in [-0.2, -0.15) is 0 Å². The van der Waals surface area contributed by atoms with Crippen molar-refractivity contribution in [3.05, 3.63) is 168 Å². The van der Waals surface area contributed by atoms with Crippen LogP contribution in [-0.2, 0) is 11.8 Å². The lowest BCUT2D eigenvalue weighted by Gasteiger charge is -2.25. The van der Waals surface area contributed by atoms with Gasteiger partial charge in [-0.05, 0) is 115 Å². The van der Waals surface area contributed by atoms with E-state index in [-0.39, 0.29) is 11.5 Å². The Balaban J connectivity index is 1.19. The summed E-state index contributed by atoms with van der Waals surface area (Å²) in [5.41, 5.74) is 12.3. The molecule has 1 aromatic heterocycles. The maximum absolute atomic E-state index is 2.65. The van der Waals surface area contributed by atoms with Crippen LogP contribution in [-0.4, -0.2) is 4.57 Å². The van der Waals surface area contributed by atoms with Gasteiger partial charge in [0, 0.05) is 28.1 Å². The summed E-state index contributed by atoms with van der Waals surface area (Å²) in [7, 11) is 0. The fourth-order valence-corrected chi connectivity index (χ4v) is 9.33. The Morgan fingerprint density at radius 1 is 0.654 bits per heavy atom. The van der Waals surface area contributed by atoms with Crippen molar-refractivity contribution >= 4 is 54.9 Å². The summed E-state index contributed by atoms with van der Waals surface area (Å²) in [6, 6.07) is 35.6. The van der Waals surface area contributed by atoms with E-state index >= 15 is 0 Å². The van der Waals surface area contributed by atoms with Gasteiger partial charge in [0.1, 0.15) is 0 Å².